The average molecular weight is 689 g/mol. The van der Waals surface area contributed by atoms with Crippen molar-refractivity contribution < 1.29 is 30.3 Å². The van der Waals surface area contributed by atoms with E-state index in [0.29, 0.717) is 0 Å². The second-order valence-corrected chi connectivity index (χ2v) is 11.2. The lowest BCUT2D eigenvalue weighted by Crippen LogP contribution is -2.25. The number of hydrogen-bond donors (Lipinski definition) is 4. The molecule has 264 valence electrons. The highest BCUT2D eigenvalue weighted by molar-refractivity contribution is 5.63. The molecule has 0 spiro atoms. The number of aromatic hydroxyl groups is 4. The number of nitro benzene ring substituents is 2. The van der Waals surface area contributed by atoms with Crippen LogP contribution < -0.4 is 9.80 Å². The summed E-state index contributed by atoms with van der Waals surface area (Å²) < 4.78 is 0. The van der Waals surface area contributed by atoms with E-state index in [2.05, 4.69) is 39.2 Å². The molecule has 0 radical (unpaired) electrons. The molecule has 16 nitrogen and oxygen atoms in total. The van der Waals surface area contributed by atoms with Crippen LogP contribution in [0.4, 0.5) is 45.5 Å². The summed E-state index contributed by atoms with van der Waals surface area (Å²) in [6.07, 6.45) is 4.32. The SMILES string of the molecule is CCCCN(CCCC)c1ccc(N=Nc2cc([N+](=O)[O-])ccc2O)c(O)c1.CN(C)c1ccc(N=Nc2cc([N+](=O)[O-])ccc2O)c(O)c1. The van der Waals surface area contributed by atoms with Gasteiger partial charge in [-0.05, 0) is 49.2 Å². The Kier molecular flexibility index (Phi) is 13.9. The number of non-ortho nitro benzene ring substituents is 2. The Bertz CT molecular complexity index is 1840. The number of unbranched alkanes of at least 4 members (excludes halogenated alkanes) is 2. The van der Waals surface area contributed by atoms with E-state index in [1.807, 2.05) is 25.1 Å². The third kappa shape index (κ3) is 10.9. The lowest BCUT2D eigenvalue weighted by atomic mass is 10.2. The van der Waals surface area contributed by atoms with Gasteiger partial charge in [0.2, 0.25) is 0 Å². The largest absolute Gasteiger partial charge is 0.506 e. The molecule has 16 heteroatoms. The van der Waals surface area contributed by atoms with E-state index in [4.69, 9.17) is 0 Å². The summed E-state index contributed by atoms with van der Waals surface area (Å²) in [6.45, 7) is 6.11. The lowest BCUT2D eigenvalue weighted by Gasteiger charge is -2.25. The Morgan fingerprint density at radius 2 is 0.960 bits per heavy atom. The number of nitrogens with zero attached hydrogens (tertiary/aromatic N) is 8. The summed E-state index contributed by atoms with van der Waals surface area (Å²) in [5.74, 6) is -0.585. The van der Waals surface area contributed by atoms with Crippen molar-refractivity contribution in [2.45, 2.75) is 39.5 Å². The van der Waals surface area contributed by atoms with Crippen molar-refractivity contribution in [3.05, 3.63) is 93.0 Å². The number of phenolic OH excluding ortho intramolecular Hbond substituents is 4. The van der Waals surface area contributed by atoms with Crippen molar-refractivity contribution in [1.82, 2.24) is 0 Å². The fourth-order valence-corrected chi connectivity index (χ4v) is 4.36. The van der Waals surface area contributed by atoms with Gasteiger partial charge in [-0.2, -0.15) is 0 Å². The smallest absolute Gasteiger partial charge is 0.271 e. The van der Waals surface area contributed by atoms with Gasteiger partial charge in [-0.15, -0.1) is 20.5 Å². The fraction of sp³-hybridized carbons (Fsp3) is 0.294. The van der Waals surface area contributed by atoms with Crippen LogP contribution in [0, 0.1) is 20.2 Å². The Morgan fingerprint density at radius 1 is 0.560 bits per heavy atom. The number of anilines is 2. The number of benzene rings is 4. The molecule has 0 bridgehead atoms. The van der Waals surface area contributed by atoms with E-state index >= 15 is 0 Å². The summed E-state index contributed by atoms with van der Waals surface area (Å²) >= 11 is 0. The Balaban J connectivity index is 0.000000278. The van der Waals surface area contributed by atoms with Crippen LogP contribution in [0.5, 0.6) is 23.0 Å². The van der Waals surface area contributed by atoms with E-state index in [0.717, 1.165) is 68.3 Å². The van der Waals surface area contributed by atoms with Crippen LogP contribution in [-0.4, -0.2) is 57.5 Å². The van der Waals surface area contributed by atoms with Gasteiger partial charge >= 0.3 is 0 Å². The maximum atomic E-state index is 10.9. The minimum Gasteiger partial charge on any atom is -0.506 e. The van der Waals surface area contributed by atoms with Gasteiger partial charge in [0, 0.05) is 75.0 Å². The molecule has 0 aliphatic rings. The van der Waals surface area contributed by atoms with E-state index in [1.165, 1.54) is 24.3 Å². The molecule has 0 atom stereocenters. The van der Waals surface area contributed by atoms with Crippen LogP contribution in [-0.2, 0) is 0 Å². The molecular formula is C34H40N8O8. The molecule has 50 heavy (non-hydrogen) atoms. The van der Waals surface area contributed by atoms with Gasteiger partial charge in [-0.3, -0.25) is 20.2 Å². The zero-order chi connectivity index (χ0) is 36.8. The van der Waals surface area contributed by atoms with Crippen LogP contribution in [0.2, 0.25) is 0 Å². The second kappa shape index (κ2) is 18.3. The average Bonchev–Trinajstić information content (AvgIpc) is 3.08. The third-order valence-corrected chi connectivity index (χ3v) is 7.23. The molecule has 4 N–H and O–H groups in total. The topological polar surface area (TPSA) is 223 Å². The molecule has 0 unspecified atom stereocenters. The second-order valence-electron chi connectivity index (χ2n) is 11.2. The quantitative estimate of drug-likeness (QED) is 0.0558. The van der Waals surface area contributed by atoms with Crippen molar-refractivity contribution in [2.24, 2.45) is 20.5 Å². The molecule has 0 fully saturated rings. The number of azo groups is 2. The standard InChI is InChI=1S/C20H26N4O4.C14H14N4O4/c1-3-5-11-23(12-6-4-2)15-7-9-17(20(26)14-15)21-22-18-13-16(24(27)28)8-10-19(18)25;1-17(2)9-3-5-11(14(20)8-9)15-16-12-7-10(18(21)22)4-6-13(12)19/h7-10,13-14,25-26H,3-6,11-12H2,1-2H3;3-8,19-20H,1-2H3. The molecule has 0 saturated carbocycles. The highest BCUT2D eigenvalue weighted by Crippen LogP contribution is 2.37. The highest BCUT2D eigenvalue weighted by atomic mass is 16.6. The summed E-state index contributed by atoms with van der Waals surface area (Å²) in [6, 6.07) is 16.9. The maximum Gasteiger partial charge on any atom is 0.271 e. The first-order valence-corrected chi connectivity index (χ1v) is 15.7. The molecular weight excluding hydrogens is 648 g/mol. The zero-order valence-electron chi connectivity index (χ0n) is 28.2. The summed E-state index contributed by atoms with van der Waals surface area (Å²) in [5, 5.41) is 76.5. The molecule has 0 aromatic heterocycles. The number of nitro groups is 2. The molecule has 0 aliphatic carbocycles. The van der Waals surface area contributed by atoms with Crippen LogP contribution in [0.15, 0.2) is 93.3 Å². The predicted octanol–water partition coefficient (Wildman–Crippen LogP) is 9.32. The van der Waals surface area contributed by atoms with Gasteiger partial charge in [0.05, 0.1) is 9.85 Å². The minimum absolute atomic E-state index is 0.0369. The Hall–Kier alpha value is -6.32. The molecule has 0 amide bonds. The monoisotopic (exact) mass is 688 g/mol. The first kappa shape index (κ1) is 38.1. The minimum atomic E-state index is -0.595. The fourth-order valence-electron chi connectivity index (χ4n) is 4.36. The molecule has 4 aromatic carbocycles. The molecule has 0 saturated heterocycles. The van der Waals surface area contributed by atoms with Crippen LogP contribution in [0.3, 0.4) is 0 Å². The van der Waals surface area contributed by atoms with E-state index < -0.39 is 9.85 Å². The number of rotatable bonds is 14. The van der Waals surface area contributed by atoms with Crippen molar-refractivity contribution in [3.8, 4) is 23.0 Å². The molecule has 0 aliphatic heterocycles. The normalized spacial score (nSPS) is 11.0. The first-order valence-electron chi connectivity index (χ1n) is 15.7. The van der Waals surface area contributed by atoms with Gasteiger partial charge < -0.3 is 30.2 Å². The van der Waals surface area contributed by atoms with Crippen molar-refractivity contribution in [2.75, 3.05) is 37.0 Å². The van der Waals surface area contributed by atoms with E-state index in [-0.39, 0.29) is 57.1 Å². The van der Waals surface area contributed by atoms with E-state index in [9.17, 15) is 40.7 Å². The van der Waals surface area contributed by atoms with Crippen molar-refractivity contribution >= 4 is 45.5 Å². The maximum absolute atomic E-state index is 10.9. The van der Waals surface area contributed by atoms with Gasteiger partial charge in [0.25, 0.3) is 11.4 Å². The van der Waals surface area contributed by atoms with Crippen LogP contribution in [0.1, 0.15) is 39.5 Å². The van der Waals surface area contributed by atoms with Crippen molar-refractivity contribution in [1.29, 1.82) is 0 Å². The summed E-state index contributed by atoms with van der Waals surface area (Å²) in [5.41, 5.74) is 1.62. The summed E-state index contributed by atoms with van der Waals surface area (Å²) in [4.78, 5) is 24.4. The molecule has 4 rings (SSSR count). The highest BCUT2D eigenvalue weighted by Gasteiger charge is 2.13. The molecule has 0 heterocycles. The predicted molar refractivity (Wildman–Crippen MR) is 190 cm³/mol. The van der Waals surface area contributed by atoms with Crippen molar-refractivity contribution in [3.63, 3.8) is 0 Å². The third-order valence-electron chi connectivity index (χ3n) is 7.23. The zero-order valence-corrected chi connectivity index (χ0v) is 28.2. The molecule has 4 aromatic rings. The Labute approximate surface area is 288 Å². The first-order chi connectivity index (χ1) is 23.8. The Morgan fingerprint density at radius 3 is 1.34 bits per heavy atom. The van der Waals surface area contributed by atoms with Crippen LogP contribution >= 0.6 is 0 Å². The number of hydrogen-bond acceptors (Lipinski definition) is 14. The van der Waals surface area contributed by atoms with E-state index in [1.54, 1.807) is 24.3 Å². The number of phenols is 4. The van der Waals surface area contributed by atoms with Gasteiger partial charge in [0.15, 0.2) is 0 Å². The van der Waals surface area contributed by atoms with Gasteiger partial charge in [0.1, 0.15) is 45.7 Å². The summed E-state index contributed by atoms with van der Waals surface area (Å²) in [7, 11) is 3.66. The lowest BCUT2D eigenvalue weighted by molar-refractivity contribution is -0.385. The van der Waals surface area contributed by atoms with Gasteiger partial charge in [-0.25, -0.2) is 0 Å². The van der Waals surface area contributed by atoms with Gasteiger partial charge in [-0.1, -0.05) is 26.7 Å². The van der Waals surface area contributed by atoms with Crippen LogP contribution in [0.25, 0.3) is 0 Å².